The first-order valence-electron chi connectivity index (χ1n) is 8.97. The van der Waals surface area contributed by atoms with Gasteiger partial charge in [0.2, 0.25) is 5.43 Å². The lowest BCUT2D eigenvalue weighted by atomic mass is 9.91. The molecule has 0 radical (unpaired) electrons. The molecule has 0 amide bonds. The molecule has 140 valence electrons. The van der Waals surface area contributed by atoms with E-state index in [1.165, 1.54) is 25.3 Å². The lowest BCUT2D eigenvalue weighted by molar-refractivity contribution is 0.160. The predicted molar refractivity (Wildman–Crippen MR) is 96.3 cm³/mol. The molecule has 6 heteroatoms. The summed E-state index contributed by atoms with van der Waals surface area (Å²) in [4.78, 5) is 17.2. The Bertz CT molecular complexity index is 786. The molecule has 2 heterocycles. The van der Waals surface area contributed by atoms with Gasteiger partial charge in [-0.25, -0.2) is 8.78 Å². The molecular weight excluding hydrogens is 338 g/mol. The fourth-order valence-corrected chi connectivity index (χ4v) is 3.64. The number of piperidine rings is 1. The summed E-state index contributed by atoms with van der Waals surface area (Å²) in [5.41, 5.74) is 0.894. The second kappa shape index (κ2) is 8.45. The first-order chi connectivity index (χ1) is 12.6. The minimum atomic E-state index is -0.464. The molecule has 1 unspecified atom stereocenters. The SMILES string of the molecule is COc1c[nH]c(CN2CCCC(CCc3c(F)cccc3F)C2)cc1=O. The van der Waals surface area contributed by atoms with Gasteiger partial charge in [-0.15, -0.1) is 0 Å². The maximum Gasteiger partial charge on any atom is 0.223 e. The number of nitrogens with zero attached hydrogens (tertiary/aromatic N) is 1. The van der Waals surface area contributed by atoms with Crippen LogP contribution in [0, 0.1) is 17.6 Å². The van der Waals surface area contributed by atoms with Crippen molar-refractivity contribution in [2.75, 3.05) is 20.2 Å². The lowest BCUT2D eigenvalue weighted by Crippen LogP contribution is -2.35. The van der Waals surface area contributed by atoms with E-state index >= 15 is 0 Å². The number of benzene rings is 1. The van der Waals surface area contributed by atoms with E-state index in [4.69, 9.17) is 4.74 Å². The van der Waals surface area contributed by atoms with E-state index in [0.29, 0.717) is 24.6 Å². The summed E-state index contributed by atoms with van der Waals surface area (Å²) in [6.07, 6.45) is 4.86. The summed E-state index contributed by atoms with van der Waals surface area (Å²) < 4.78 is 32.5. The van der Waals surface area contributed by atoms with Gasteiger partial charge in [0.05, 0.1) is 7.11 Å². The van der Waals surface area contributed by atoms with Crippen LogP contribution in [-0.2, 0) is 13.0 Å². The molecule has 1 aliphatic rings. The summed E-state index contributed by atoms with van der Waals surface area (Å²) >= 11 is 0. The number of nitrogens with one attached hydrogen (secondary N) is 1. The van der Waals surface area contributed by atoms with Gasteiger partial charge in [0, 0.05) is 36.6 Å². The van der Waals surface area contributed by atoms with Crippen LogP contribution in [0.15, 0.2) is 35.3 Å². The average molecular weight is 362 g/mol. The lowest BCUT2D eigenvalue weighted by Gasteiger charge is -2.32. The molecule has 1 aromatic heterocycles. The van der Waals surface area contributed by atoms with Crippen molar-refractivity contribution in [2.45, 2.75) is 32.2 Å². The summed E-state index contributed by atoms with van der Waals surface area (Å²) in [7, 11) is 1.47. The third kappa shape index (κ3) is 4.49. The first kappa shape index (κ1) is 18.6. The number of H-pyrrole nitrogens is 1. The molecule has 0 spiro atoms. The predicted octanol–water partition coefficient (Wildman–Crippen LogP) is 3.51. The Balaban J connectivity index is 1.57. The average Bonchev–Trinajstić information content (AvgIpc) is 2.62. The van der Waals surface area contributed by atoms with Crippen LogP contribution in [0.1, 0.15) is 30.5 Å². The number of rotatable bonds is 6. The summed E-state index contributed by atoms with van der Waals surface area (Å²) in [6, 6.07) is 5.58. The van der Waals surface area contributed by atoms with E-state index in [-0.39, 0.29) is 11.0 Å². The fourth-order valence-electron chi connectivity index (χ4n) is 3.64. The summed E-state index contributed by atoms with van der Waals surface area (Å²) in [5, 5.41) is 0. The molecule has 0 aliphatic carbocycles. The molecule has 0 bridgehead atoms. The molecule has 1 aromatic carbocycles. The van der Waals surface area contributed by atoms with Crippen LogP contribution in [0.3, 0.4) is 0 Å². The highest BCUT2D eigenvalue weighted by atomic mass is 19.1. The molecule has 1 atom stereocenters. The smallest absolute Gasteiger partial charge is 0.223 e. The molecule has 2 aromatic rings. The van der Waals surface area contributed by atoms with E-state index in [0.717, 1.165) is 38.0 Å². The second-order valence-electron chi connectivity index (χ2n) is 6.87. The summed E-state index contributed by atoms with van der Waals surface area (Å²) in [6.45, 7) is 2.48. The van der Waals surface area contributed by atoms with Crippen LogP contribution >= 0.6 is 0 Å². The van der Waals surface area contributed by atoms with Gasteiger partial charge in [-0.05, 0) is 50.3 Å². The standard InChI is InChI=1S/C20H24F2N2O2/c1-26-20-11-23-15(10-19(20)25)13-24-9-3-4-14(12-24)7-8-16-17(21)5-2-6-18(16)22/h2,5-6,10-11,14H,3-4,7-9,12-13H2,1H3,(H,23,25). The van der Waals surface area contributed by atoms with Crippen molar-refractivity contribution < 1.29 is 13.5 Å². The van der Waals surface area contributed by atoms with E-state index in [1.54, 1.807) is 12.3 Å². The van der Waals surface area contributed by atoms with Crippen LogP contribution < -0.4 is 10.2 Å². The normalized spacial score (nSPS) is 18.0. The Morgan fingerprint density at radius 1 is 1.31 bits per heavy atom. The largest absolute Gasteiger partial charge is 0.491 e. The topological polar surface area (TPSA) is 45.3 Å². The number of hydrogen-bond acceptors (Lipinski definition) is 3. The zero-order valence-corrected chi connectivity index (χ0v) is 14.9. The second-order valence-corrected chi connectivity index (χ2v) is 6.87. The van der Waals surface area contributed by atoms with Gasteiger partial charge in [0.25, 0.3) is 0 Å². The highest BCUT2D eigenvalue weighted by Crippen LogP contribution is 2.24. The number of halogens is 2. The number of pyridine rings is 1. The van der Waals surface area contributed by atoms with E-state index in [2.05, 4.69) is 9.88 Å². The third-order valence-corrected chi connectivity index (χ3v) is 5.02. The van der Waals surface area contributed by atoms with Gasteiger partial charge in [0.15, 0.2) is 5.75 Å². The van der Waals surface area contributed by atoms with Gasteiger partial charge in [-0.3, -0.25) is 9.69 Å². The highest BCUT2D eigenvalue weighted by molar-refractivity contribution is 5.21. The summed E-state index contributed by atoms with van der Waals surface area (Å²) in [5.74, 6) is -0.230. The Morgan fingerprint density at radius 3 is 2.77 bits per heavy atom. The van der Waals surface area contributed by atoms with Crippen LogP contribution in [-0.4, -0.2) is 30.1 Å². The number of methoxy groups -OCH3 is 1. The van der Waals surface area contributed by atoms with Crippen molar-refractivity contribution >= 4 is 0 Å². The zero-order chi connectivity index (χ0) is 18.5. The number of aromatic amines is 1. The fraction of sp³-hybridized carbons (Fsp3) is 0.450. The molecule has 4 nitrogen and oxygen atoms in total. The number of aromatic nitrogens is 1. The number of likely N-dealkylation sites (tertiary alicyclic amines) is 1. The van der Waals surface area contributed by atoms with Gasteiger partial charge in [-0.2, -0.15) is 0 Å². The molecule has 3 rings (SSSR count). The Kier molecular flexibility index (Phi) is 6.04. The van der Waals surface area contributed by atoms with Crippen molar-refractivity contribution in [2.24, 2.45) is 5.92 Å². The molecule has 1 saturated heterocycles. The molecule has 26 heavy (non-hydrogen) atoms. The van der Waals surface area contributed by atoms with E-state index < -0.39 is 11.6 Å². The van der Waals surface area contributed by atoms with Crippen molar-refractivity contribution in [3.05, 3.63) is 63.6 Å². The zero-order valence-electron chi connectivity index (χ0n) is 14.9. The van der Waals surface area contributed by atoms with Gasteiger partial charge >= 0.3 is 0 Å². The molecule has 1 N–H and O–H groups in total. The van der Waals surface area contributed by atoms with Gasteiger partial charge < -0.3 is 9.72 Å². The Labute approximate surface area is 151 Å². The van der Waals surface area contributed by atoms with Crippen molar-refractivity contribution in [1.29, 1.82) is 0 Å². The van der Waals surface area contributed by atoms with Crippen LogP contribution in [0.25, 0.3) is 0 Å². The van der Waals surface area contributed by atoms with Gasteiger partial charge in [0.1, 0.15) is 11.6 Å². The number of ether oxygens (including phenoxy) is 1. The molecular formula is C20H24F2N2O2. The first-order valence-corrected chi connectivity index (χ1v) is 8.97. The molecule has 0 saturated carbocycles. The van der Waals surface area contributed by atoms with Crippen LogP contribution in [0.5, 0.6) is 5.75 Å². The van der Waals surface area contributed by atoms with E-state index in [9.17, 15) is 13.6 Å². The van der Waals surface area contributed by atoms with Crippen LogP contribution in [0.4, 0.5) is 8.78 Å². The molecule has 1 fully saturated rings. The quantitative estimate of drug-likeness (QED) is 0.855. The highest BCUT2D eigenvalue weighted by Gasteiger charge is 2.21. The third-order valence-electron chi connectivity index (χ3n) is 5.02. The monoisotopic (exact) mass is 362 g/mol. The maximum atomic E-state index is 13.8. The number of hydrogen-bond donors (Lipinski definition) is 1. The maximum absolute atomic E-state index is 13.8. The van der Waals surface area contributed by atoms with Gasteiger partial charge in [-0.1, -0.05) is 6.07 Å². The Hall–Kier alpha value is -2.21. The van der Waals surface area contributed by atoms with Crippen molar-refractivity contribution in [1.82, 2.24) is 9.88 Å². The van der Waals surface area contributed by atoms with E-state index in [1.807, 2.05) is 0 Å². The minimum Gasteiger partial charge on any atom is -0.491 e. The van der Waals surface area contributed by atoms with Crippen LogP contribution in [0.2, 0.25) is 0 Å². The Morgan fingerprint density at radius 2 is 2.08 bits per heavy atom. The molecule has 1 aliphatic heterocycles. The minimum absolute atomic E-state index is 0.134. The van der Waals surface area contributed by atoms with Crippen molar-refractivity contribution in [3.63, 3.8) is 0 Å². The van der Waals surface area contributed by atoms with Crippen molar-refractivity contribution in [3.8, 4) is 5.75 Å².